The fourth-order valence-corrected chi connectivity index (χ4v) is 1.17. The Hall–Kier alpha value is -1.03. The molecule has 0 aliphatic heterocycles. The smallest absolute Gasteiger partial charge is 0.225 e. The van der Waals surface area contributed by atoms with Crippen LogP contribution < -0.4 is 5.32 Å². The van der Waals surface area contributed by atoms with E-state index in [1.807, 2.05) is 13.8 Å². The highest BCUT2D eigenvalue weighted by Gasteiger charge is 2.04. The average molecular weight is 216 g/mol. The Morgan fingerprint density at radius 1 is 1.71 bits per heavy atom. The van der Waals surface area contributed by atoms with E-state index in [1.165, 1.54) is 0 Å². The number of anilines is 1. The van der Waals surface area contributed by atoms with E-state index in [9.17, 15) is 4.79 Å². The van der Waals surface area contributed by atoms with Crippen molar-refractivity contribution in [3.63, 3.8) is 0 Å². The Morgan fingerprint density at radius 3 is 2.93 bits per heavy atom. The molecule has 1 heterocycles. The second kappa shape index (κ2) is 5.00. The van der Waals surface area contributed by atoms with Gasteiger partial charge < -0.3 is 5.32 Å². The summed E-state index contributed by atoms with van der Waals surface area (Å²) in [5.74, 6) is 0.257. The van der Waals surface area contributed by atoms with Gasteiger partial charge in [0.25, 0.3) is 0 Å². The molecule has 1 aromatic heterocycles. The average Bonchev–Trinajstić information content (AvgIpc) is 2.53. The number of carbonyl (C=O) groups excluding carboxylic acids is 1. The summed E-state index contributed by atoms with van der Waals surface area (Å²) in [6.45, 7) is 4.05. The van der Waals surface area contributed by atoms with Crippen LogP contribution in [0.2, 0.25) is 0 Å². The first-order valence-corrected chi connectivity index (χ1v) is 5.07. The zero-order valence-electron chi connectivity index (χ0n) is 8.33. The van der Waals surface area contributed by atoms with Crippen molar-refractivity contribution < 1.29 is 4.79 Å². The highest BCUT2D eigenvalue weighted by Crippen LogP contribution is 2.09. The third-order valence-corrected chi connectivity index (χ3v) is 1.92. The number of aromatic nitrogens is 2. The molecule has 0 aliphatic carbocycles. The maximum atomic E-state index is 11.2. The van der Waals surface area contributed by atoms with Gasteiger partial charge in [-0.2, -0.15) is 5.10 Å². The van der Waals surface area contributed by atoms with Crippen molar-refractivity contribution >= 4 is 23.2 Å². The number of hydrogen-bond donors (Lipinski definition) is 1. The second-order valence-electron chi connectivity index (χ2n) is 3.29. The number of halogens is 1. The number of nitrogens with zero attached hydrogens (tertiary/aromatic N) is 2. The number of rotatable bonds is 4. The number of amides is 1. The fourth-order valence-electron chi connectivity index (χ4n) is 0.994. The summed E-state index contributed by atoms with van der Waals surface area (Å²) >= 11 is 5.44. The lowest BCUT2D eigenvalue weighted by Gasteiger charge is -2.03. The zero-order valence-corrected chi connectivity index (χ0v) is 9.08. The lowest BCUT2D eigenvalue weighted by Crippen LogP contribution is -2.11. The Bertz CT molecular complexity index is 309. The van der Waals surface area contributed by atoms with Crippen LogP contribution in [0.4, 0.5) is 5.69 Å². The standard InChI is InChI=1S/C9H14ClN3O/c1-7(2)13-6-8(5-11-13)12-9(14)3-4-10/h5-7H,3-4H2,1-2H3,(H,12,14). The number of carbonyl (C=O) groups is 1. The van der Waals surface area contributed by atoms with Gasteiger partial charge in [-0.1, -0.05) is 0 Å². The number of alkyl halides is 1. The molecule has 0 spiro atoms. The van der Waals surface area contributed by atoms with Gasteiger partial charge in [-0.15, -0.1) is 11.6 Å². The molecule has 0 aromatic carbocycles. The van der Waals surface area contributed by atoms with E-state index >= 15 is 0 Å². The predicted octanol–water partition coefficient (Wildman–Crippen LogP) is 2.03. The van der Waals surface area contributed by atoms with E-state index < -0.39 is 0 Å². The molecule has 0 radical (unpaired) electrons. The Kier molecular flexibility index (Phi) is 3.95. The summed E-state index contributed by atoms with van der Waals surface area (Å²) in [6, 6.07) is 0.300. The van der Waals surface area contributed by atoms with Gasteiger partial charge in [-0.05, 0) is 13.8 Å². The minimum absolute atomic E-state index is 0.0803. The van der Waals surface area contributed by atoms with Crippen LogP contribution >= 0.6 is 11.6 Å². The molecule has 1 N–H and O–H groups in total. The molecular formula is C9H14ClN3O. The Morgan fingerprint density at radius 2 is 2.43 bits per heavy atom. The van der Waals surface area contributed by atoms with E-state index in [-0.39, 0.29) is 5.91 Å². The maximum absolute atomic E-state index is 11.2. The van der Waals surface area contributed by atoms with Gasteiger partial charge in [0, 0.05) is 24.5 Å². The van der Waals surface area contributed by atoms with Gasteiger partial charge in [0.2, 0.25) is 5.91 Å². The first-order chi connectivity index (χ1) is 6.63. The molecule has 0 saturated heterocycles. The molecule has 5 heteroatoms. The molecule has 78 valence electrons. The summed E-state index contributed by atoms with van der Waals surface area (Å²) in [5.41, 5.74) is 0.716. The molecular weight excluding hydrogens is 202 g/mol. The van der Waals surface area contributed by atoms with Crippen LogP contribution in [0.5, 0.6) is 0 Å². The molecule has 0 unspecified atom stereocenters. The third kappa shape index (κ3) is 3.03. The first kappa shape index (κ1) is 11.0. The molecule has 4 nitrogen and oxygen atoms in total. The lowest BCUT2D eigenvalue weighted by atomic mass is 10.4. The predicted molar refractivity (Wildman–Crippen MR) is 56.6 cm³/mol. The summed E-state index contributed by atoms with van der Waals surface area (Å²) in [6.07, 6.45) is 3.76. The van der Waals surface area contributed by atoms with Crippen LogP contribution in [0, 0.1) is 0 Å². The molecule has 0 saturated carbocycles. The number of hydrogen-bond acceptors (Lipinski definition) is 2. The number of nitrogens with one attached hydrogen (secondary N) is 1. The molecule has 0 aliphatic rings. The summed E-state index contributed by atoms with van der Waals surface area (Å²) in [5, 5.41) is 6.81. The van der Waals surface area contributed by atoms with Crippen LogP contribution in [-0.4, -0.2) is 21.6 Å². The summed E-state index contributed by atoms with van der Waals surface area (Å²) in [4.78, 5) is 11.2. The normalized spacial score (nSPS) is 10.6. The SMILES string of the molecule is CC(C)n1cc(NC(=O)CCCl)cn1. The summed E-state index contributed by atoms with van der Waals surface area (Å²) in [7, 11) is 0. The van der Waals surface area contributed by atoms with E-state index in [0.29, 0.717) is 24.0 Å². The van der Waals surface area contributed by atoms with Crippen molar-refractivity contribution in [2.45, 2.75) is 26.3 Å². The van der Waals surface area contributed by atoms with Crippen molar-refractivity contribution in [3.05, 3.63) is 12.4 Å². The van der Waals surface area contributed by atoms with Gasteiger partial charge >= 0.3 is 0 Å². The Labute approximate surface area is 88.2 Å². The molecule has 1 aromatic rings. The second-order valence-corrected chi connectivity index (χ2v) is 3.67. The van der Waals surface area contributed by atoms with Gasteiger partial charge in [-0.3, -0.25) is 9.48 Å². The lowest BCUT2D eigenvalue weighted by molar-refractivity contribution is -0.115. The van der Waals surface area contributed by atoms with Crippen molar-refractivity contribution in [1.82, 2.24) is 9.78 Å². The van der Waals surface area contributed by atoms with Gasteiger partial charge in [-0.25, -0.2) is 0 Å². The van der Waals surface area contributed by atoms with Gasteiger partial charge in [0.1, 0.15) is 0 Å². The highest BCUT2D eigenvalue weighted by atomic mass is 35.5. The first-order valence-electron chi connectivity index (χ1n) is 4.53. The van der Waals surface area contributed by atoms with Crippen LogP contribution in [0.3, 0.4) is 0 Å². The molecule has 0 fully saturated rings. The van der Waals surface area contributed by atoms with E-state index in [1.54, 1.807) is 17.1 Å². The van der Waals surface area contributed by atoms with E-state index in [0.717, 1.165) is 0 Å². The molecule has 1 rings (SSSR count). The van der Waals surface area contributed by atoms with Gasteiger partial charge in [0.15, 0.2) is 0 Å². The minimum Gasteiger partial charge on any atom is -0.323 e. The monoisotopic (exact) mass is 215 g/mol. The van der Waals surface area contributed by atoms with Crippen molar-refractivity contribution in [2.24, 2.45) is 0 Å². The van der Waals surface area contributed by atoms with Gasteiger partial charge in [0.05, 0.1) is 11.9 Å². The van der Waals surface area contributed by atoms with Crippen LogP contribution in [-0.2, 0) is 4.79 Å². The minimum atomic E-state index is -0.0803. The van der Waals surface area contributed by atoms with Crippen LogP contribution in [0.25, 0.3) is 0 Å². The van der Waals surface area contributed by atoms with E-state index in [2.05, 4.69) is 10.4 Å². The molecule has 14 heavy (non-hydrogen) atoms. The fraction of sp³-hybridized carbons (Fsp3) is 0.556. The van der Waals surface area contributed by atoms with Crippen molar-refractivity contribution in [1.29, 1.82) is 0 Å². The van der Waals surface area contributed by atoms with Crippen molar-refractivity contribution in [3.8, 4) is 0 Å². The zero-order chi connectivity index (χ0) is 10.6. The molecule has 0 bridgehead atoms. The summed E-state index contributed by atoms with van der Waals surface area (Å²) < 4.78 is 1.79. The topological polar surface area (TPSA) is 46.9 Å². The quantitative estimate of drug-likeness (QED) is 0.782. The maximum Gasteiger partial charge on any atom is 0.225 e. The molecule has 1 amide bonds. The van der Waals surface area contributed by atoms with Crippen LogP contribution in [0.1, 0.15) is 26.3 Å². The molecule has 0 atom stereocenters. The van der Waals surface area contributed by atoms with E-state index in [4.69, 9.17) is 11.6 Å². The largest absolute Gasteiger partial charge is 0.323 e. The van der Waals surface area contributed by atoms with Crippen molar-refractivity contribution in [2.75, 3.05) is 11.2 Å². The highest BCUT2D eigenvalue weighted by molar-refractivity contribution is 6.19. The Balaban J connectivity index is 2.55. The third-order valence-electron chi connectivity index (χ3n) is 1.74. The van der Waals surface area contributed by atoms with Crippen LogP contribution in [0.15, 0.2) is 12.4 Å².